The number of amidine groups is 1. The molecule has 1 rings (SSSR count). The van der Waals surface area contributed by atoms with Gasteiger partial charge in [0.2, 0.25) is 0 Å². The molecule has 0 bridgehead atoms. The van der Waals surface area contributed by atoms with Crippen LogP contribution in [0.2, 0.25) is 0 Å². The van der Waals surface area contributed by atoms with Crippen LogP contribution in [-0.4, -0.2) is 30.0 Å². The van der Waals surface area contributed by atoms with Crippen molar-refractivity contribution >= 4 is 12.1 Å². The first-order chi connectivity index (χ1) is 5.34. The highest BCUT2D eigenvalue weighted by molar-refractivity contribution is 5.93. The van der Waals surface area contributed by atoms with E-state index in [1.807, 2.05) is 4.90 Å². The summed E-state index contributed by atoms with van der Waals surface area (Å²) >= 11 is 0. The highest BCUT2D eigenvalue weighted by atomic mass is 15.2. The Morgan fingerprint density at radius 3 is 2.45 bits per heavy atom. The first-order valence-electron chi connectivity index (χ1n) is 3.85. The summed E-state index contributed by atoms with van der Waals surface area (Å²) in [6, 6.07) is 0. The summed E-state index contributed by atoms with van der Waals surface area (Å²) in [7, 11) is 0. The Balaban J connectivity index is 2.40. The summed E-state index contributed by atoms with van der Waals surface area (Å²) in [6.45, 7) is 2.00. The maximum absolute atomic E-state index is 7.52. The molecule has 0 saturated carbocycles. The van der Waals surface area contributed by atoms with Crippen molar-refractivity contribution in [2.75, 3.05) is 13.1 Å². The van der Waals surface area contributed by atoms with E-state index in [2.05, 4.69) is 0 Å². The number of nitrogens with zero attached hydrogens (tertiary/aromatic N) is 1. The van der Waals surface area contributed by atoms with Crippen molar-refractivity contribution in [3.63, 3.8) is 0 Å². The van der Waals surface area contributed by atoms with Crippen LogP contribution in [0.25, 0.3) is 0 Å². The van der Waals surface area contributed by atoms with Crippen LogP contribution in [-0.2, 0) is 0 Å². The molecule has 0 aromatic rings. The van der Waals surface area contributed by atoms with Crippen LogP contribution in [0.5, 0.6) is 0 Å². The predicted molar refractivity (Wildman–Crippen MR) is 46.5 cm³/mol. The molecule has 1 heterocycles. The second-order valence-electron chi connectivity index (χ2n) is 2.61. The summed E-state index contributed by atoms with van der Waals surface area (Å²) in [6.07, 6.45) is 6.84. The quantitative estimate of drug-likeness (QED) is 0.453. The molecule has 0 radical (unpaired) electrons. The molecule has 0 aliphatic carbocycles. The molecule has 2 N–H and O–H groups in total. The average Bonchev–Trinajstić information content (AvgIpc) is 2.52. The Bertz CT molecular complexity index is 178. The van der Waals surface area contributed by atoms with E-state index in [4.69, 9.17) is 10.8 Å². The third-order valence-corrected chi connectivity index (χ3v) is 1.80. The molecule has 1 aliphatic heterocycles. The summed E-state index contributed by atoms with van der Waals surface area (Å²) in [5.74, 6) is 0.533. The zero-order valence-electron chi connectivity index (χ0n) is 6.51. The van der Waals surface area contributed by atoms with E-state index in [0.717, 1.165) is 13.1 Å². The summed E-state index contributed by atoms with van der Waals surface area (Å²) in [5.41, 5.74) is 0. The lowest BCUT2D eigenvalue weighted by atomic mass is 10.4. The lowest BCUT2D eigenvalue weighted by molar-refractivity contribution is 0.519. The van der Waals surface area contributed by atoms with E-state index in [9.17, 15) is 0 Å². The predicted octanol–water partition coefficient (Wildman–Crippen LogP) is 1.27. The van der Waals surface area contributed by atoms with Crippen molar-refractivity contribution in [1.29, 1.82) is 10.8 Å². The lowest BCUT2D eigenvalue weighted by Crippen LogP contribution is -2.24. The highest BCUT2D eigenvalue weighted by Gasteiger charge is 2.11. The van der Waals surface area contributed by atoms with Crippen molar-refractivity contribution in [3.8, 4) is 0 Å². The maximum atomic E-state index is 7.52. The average molecular weight is 151 g/mol. The third-order valence-electron chi connectivity index (χ3n) is 1.80. The Morgan fingerprint density at radius 2 is 1.91 bits per heavy atom. The highest BCUT2D eigenvalue weighted by Crippen LogP contribution is 2.07. The molecule has 11 heavy (non-hydrogen) atoms. The van der Waals surface area contributed by atoms with Gasteiger partial charge in [0.1, 0.15) is 5.84 Å². The van der Waals surface area contributed by atoms with E-state index < -0.39 is 0 Å². The Morgan fingerprint density at radius 1 is 1.27 bits per heavy atom. The van der Waals surface area contributed by atoms with E-state index in [1.165, 1.54) is 19.1 Å². The summed E-state index contributed by atoms with van der Waals surface area (Å²) < 4.78 is 0. The molecule has 1 aliphatic rings. The number of likely N-dealkylation sites (tertiary alicyclic amines) is 1. The molecular weight excluding hydrogens is 138 g/mol. The van der Waals surface area contributed by atoms with Gasteiger partial charge < -0.3 is 10.3 Å². The minimum Gasteiger partial charge on any atom is -0.357 e. The SMILES string of the molecule is N=C/C=C\C(=N)N1CCCC1. The molecule has 0 unspecified atom stereocenters. The fourth-order valence-electron chi connectivity index (χ4n) is 1.20. The van der Waals surface area contributed by atoms with Crippen LogP contribution in [0.15, 0.2) is 12.2 Å². The third kappa shape index (κ3) is 2.18. The van der Waals surface area contributed by atoms with Gasteiger partial charge in [-0.2, -0.15) is 0 Å². The summed E-state index contributed by atoms with van der Waals surface area (Å²) in [5, 5.41) is 14.3. The molecule has 0 spiro atoms. The number of nitrogens with one attached hydrogen (secondary N) is 2. The van der Waals surface area contributed by atoms with Gasteiger partial charge in [-0.05, 0) is 25.0 Å². The molecule has 3 nitrogen and oxygen atoms in total. The minimum absolute atomic E-state index is 0.533. The van der Waals surface area contributed by atoms with Crippen molar-refractivity contribution in [3.05, 3.63) is 12.2 Å². The molecule has 0 atom stereocenters. The van der Waals surface area contributed by atoms with Gasteiger partial charge >= 0.3 is 0 Å². The van der Waals surface area contributed by atoms with Gasteiger partial charge in [-0.15, -0.1) is 0 Å². The first-order valence-corrected chi connectivity index (χ1v) is 3.85. The number of hydrogen-bond donors (Lipinski definition) is 2. The van der Waals surface area contributed by atoms with E-state index in [-0.39, 0.29) is 0 Å². The van der Waals surface area contributed by atoms with Crippen LogP contribution in [0.4, 0.5) is 0 Å². The first kappa shape index (κ1) is 7.98. The van der Waals surface area contributed by atoms with E-state index in [0.29, 0.717) is 5.84 Å². The normalized spacial score (nSPS) is 17.6. The molecule has 0 aromatic heterocycles. The standard InChI is InChI=1S/C8H13N3/c9-5-3-4-8(10)11-6-1-2-7-11/h3-5,9-10H,1-2,6-7H2/b4-3-,9-5?,10-8?. The number of rotatable bonds is 2. The largest absolute Gasteiger partial charge is 0.357 e. The van der Waals surface area contributed by atoms with Crippen molar-refractivity contribution < 1.29 is 0 Å². The van der Waals surface area contributed by atoms with Crippen LogP contribution >= 0.6 is 0 Å². The van der Waals surface area contributed by atoms with Crippen LogP contribution in [0.1, 0.15) is 12.8 Å². The van der Waals surface area contributed by atoms with Gasteiger partial charge in [-0.1, -0.05) is 0 Å². The molecule has 60 valence electrons. The zero-order valence-corrected chi connectivity index (χ0v) is 6.51. The molecule has 1 fully saturated rings. The van der Waals surface area contributed by atoms with Gasteiger partial charge in [0.05, 0.1) is 0 Å². The monoisotopic (exact) mass is 151 g/mol. The Labute approximate surface area is 66.7 Å². The topological polar surface area (TPSA) is 50.9 Å². The van der Waals surface area contributed by atoms with Gasteiger partial charge in [-0.25, -0.2) is 0 Å². The van der Waals surface area contributed by atoms with Gasteiger partial charge in [-0.3, -0.25) is 5.41 Å². The van der Waals surface area contributed by atoms with Crippen LogP contribution in [0.3, 0.4) is 0 Å². The summed E-state index contributed by atoms with van der Waals surface area (Å²) in [4.78, 5) is 2.03. The Kier molecular flexibility index (Phi) is 2.83. The second-order valence-corrected chi connectivity index (χ2v) is 2.61. The zero-order chi connectivity index (χ0) is 8.10. The van der Waals surface area contributed by atoms with E-state index in [1.54, 1.807) is 12.2 Å². The van der Waals surface area contributed by atoms with Gasteiger partial charge in [0, 0.05) is 19.3 Å². The Hall–Kier alpha value is -1.12. The number of allylic oxidation sites excluding steroid dienone is 1. The van der Waals surface area contributed by atoms with Crippen LogP contribution < -0.4 is 0 Å². The maximum Gasteiger partial charge on any atom is 0.120 e. The lowest BCUT2D eigenvalue weighted by Gasteiger charge is -2.14. The van der Waals surface area contributed by atoms with Gasteiger partial charge in [0.25, 0.3) is 0 Å². The molecular formula is C8H13N3. The molecule has 0 amide bonds. The minimum atomic E-state index is 0.533. The van der Waals surface area contributed by atoms with Gasteiger partial charge in [0.15, 0.2) is 0 Å². The van der Waals surface area contributed by atoms with Crippen LogP contribution in [0, 0.1) is 10.8 Å². The molecule has 0 aromatic carbocycles. The van der Waals surface area contributed by atoms with E-state index >= 15 is 0 Å². The molecule has 1 saturated heterocycles. The van der Waals surface area contributed by atoms with Crippen molar-refractivity contribution in [2.45, 2.75) is 12.8 Å². The second kappa shape index (κ2) is 3.91. The van der Waals surface area contributed by atoms with Crippen molar-refractivity contribution in [1.82, 2.24) is 4.90 Å². The number of hydrogen-bond acceptors (Lipinski definition) is 2. The smallest absolute Gasteiger partial charge is 0.120 e. The molecule has 3 heteroatoms. The fraction of sp³-hybridized carbons (Fsp3) is 0.500. The fourth-order valence-corrected chi connectivity index (χ4v) is 1.20. The van der Waals surface area contributed by atoms with Crippen molar-refractivity contribution in [2.24, 2.45) is 0 Å².